The van der Waals surface area contributed by atoms with Crippen LogP contribution in [0.4, 0.5) is 0 Å². The van der Waals surface area contributed by atoms with Crippen LogP contribution in [0.5, 0.6) is 5.75 Å². The molecule has 2 aromatic heterocycles. The topological polar surface area (TPSA) is 88.8 Å². The minimum absolute atomic E-state index is 0.137. The average Bonchev–Trinajstić information content (AvgIpc) is 3.20. The maximum Gasteiger partial charge on any atom is 0.174 e. The molecule has 1 saturated carbocycles. The summed E-state index contributed by atoms with van der Waals surface area (Å²) in [5.74, 6) is 0.762. The van der Waals surface area contributed by atoms with Gasteiger partial charge < -0.3 is 15.0 Å². The molecule has 0 unspecified atom stereocenters. The molecule has 136 valence electrons. The number of phenolic OH excluding ortho intramolecular Hbond substituents is 1. The molecule has 2 fully saturated rings. The van der Waals surface area contributed by atoms with Crippen molar-refractivity contribution >= 4 is 6.08 Å². The third kappa shape index (κ3) is 3.21. The van der Waals surface area contributed by atoms with E-state index in [1.807, 2.05) is 22.9 Å². The van der Waals surface area contributed by atoms with Gasteiger partial charge in [0.15, 0.2) is 5.82 Å². The normalized spacial score (nSPS) is 19.5. The van der Waals surface area contributed by atoms with Crippen LogP contribution in [0.25, 0.3) is 23.0 Å². The van der Waals surface area contributed by atoms with Gasteiger partial charge in [0.05, 0.1) is 18.2 Å². The fraction of sp³-hybridized carbons (Fsp3) is 0.300. The lowest BCUT2D eigenvalue weighted by atomic mass is 9.96. The largest absolute Gasteiger partial charge is 0.507 e. The second-order valence-corrected chi connectivity index (χ2v) is 7.31. The zero-order chi connectivity index (χ0) is 18.3. The number of rotatable bonds is 3. The van der Waals surface area contributed by atoms with Crippen LogP contribution in [-0.4, -0.2) is 41.9 Å². The molecule has 1 aromatic carbocycles. The van der Waals surface area contributed by atoms with Gasteiger partial charge in [-0.25, -0.2) is 9.97 Å². The van der Waals surface area contributed by atoms with Crippen molar-refractivity contribution in [3.05, 3.63) is 54.5 Å². The van der Waals surface area contributed by atoms with Crippen molar-refractivity contribution in [2.75, 3.05) is 6.54 Å². The Hall–Kier alpha value is -3.06. The number of piperidine rings is 1. The fourth-order valence-corrected chi connectivity index (χ4v) is 3.67. The Labute approximate surface area is 156 Å². The molecule has 7 heteroatoms. The standard InChI is InChI=1S/C20H20N6O/c27-18-10-15(26-8-7-21-13-26)1-2-16(18)17-12-22-19(25-24-17)9-14-3-6-23-20(11-14)4-5-20/h1-2,7-10,12-13,23,27H,3-6,11H2/b14-9-. The first-order chi connectivity index (χ1) is 13.2. The smallest absolute Gasteiger partial charge is 0.174 e. The van der Waals surface area contributed by atoms with Crippen LogP contribution in [0.1, 0.15) is 31.5 Å². The maximum atomic E-state index is 10.4. The van der Waals surface area contributed by atoms with E-state index in [0.717, 1.165) is 25.1 Å². The number of hydrogen-bond acceptors (Lipinski definition) is 6. The Morgan fingerprint density at radius 3 is 2.85 bits per heavy atom. The van der Waals surface area contributed by atoms with Crippen molar-refractivity contribution in [3.63, 3.8) is 0 Å². The zero-order valence-corrected chi connectivity index (χ0v) is 14.8. The molecule has 0 radical (unpaired) electrons. The lowest BCUT2D eigenvalue weighted by Crippen LogP contribution is -2.36. The summed E-state index contributed by atoms with van der Waals surface area (Å²) in [5, 5.41) is 22.5. The van der Waals surface area contributed by atoms with Gasteiger partial charge in [0.25, 0.3) is 0 Å². The van der Waals surface area contributed by atoms with Crippen LogP contribution >= 0.6 is 0 Å². The van der Waals surface area contributed by atoms with Crippen molar-refractivity contribution in [2.45, 2.75) is 31.2 Å². The van der Waals surface area contributed by atoms with Crippen LogP contribution in [0.2, 0.25) is 0 Å². The van der Waals surface area contributed by atoms with Gasteiger partial charge in [0.2, 0.25) is 0 Å². The minimum Gasteiger partial charge on any atom is -0.507 e. The van der Waals surface area contributed by atoms with E-state index < -0.39 is 0 Å². The molecule has 1 aliphatic heterocycles. The molecule has 3 heterocycles. The summed E-state index contributed by atoms with van der Waals surface area (Å²) in [6.07, 6.45) is 13.6. The SMILES string of the molecule is Oc1cc(-n2ccnc2)ccc1-c1cnc(/C=C2/CCNC3(CC3)C2)nn1. The molecular formula is C20H20N6O. The predicted molar refractivity (Wildman–Crippen MR) is 101 cm³/mol. The third-order valence-corrected chi connectivity index (χ3v) is 5.34. The lowest BCUT2D eigenvalue weighted by molar-refractivity contribution is 0.449. The fourth-order valence-electron chi connectivity index (χ4n) is 3.67. The summed E-state index contributed by atoms with van der Waals surface area (Å²) >= 11 is 0. The summed E-state index contributed by atoms with van der Waals surface area (Å²) in [4.78, 5) is 8.45. The van der Waals surface area contributed by atoms with E-state index in [0.29, 0.717) is 22.6 Å². The van der Waals surface area contributed by atoms with E-state index in [1.54, 1.807) is 24.8 Å². The first-order valence-corrected chi connectivity index (χ1v) is 9.17. The number of nitrogens with one attached hydrogen (secondary N) is 1. The number of phenols is 1. The molecule has 1 spiro atoms. The van der Waals surface area contributed by atoms with Crippen LogP contribution in [0.3, 0.4) is 0 Å². The van der Waals surface area contributed by atoms with Crippen molar-refractivity contribution in [2.24, 2.45) is 0 Å². The number of aromatic nitrogens is 5. The summed E-state index contributed by atoms with van der Waals surface area (Å²) in [6.45, 7) is 1.02. The van der Waals surface area contributed by atoms with Crippen LogP contribution in [-0.2, 0) is 0 Å². The average molecular weight is 360 g/mol. The van der Waals surface area contributed by atoms with Gasteiger partial charge in [-0.05, 0) is 50.4 Å². The van der Waals surface area contributed by atoms with Gasteiger partial charge in [-0.15, -0.1) is 10.2 Å². The van der Waals surface area contributed by atoms with E-state index in [2.05, 4.69) is 31.6 Å². The van der Waals surface area contributed by atoms with Gasteiger partial charge >= 0.3 is 0 Å². The highest BCUT2D eigenvalue weighted by Crippen LogP contribution is 2.44. The summed E-state index contributed by atoms with van der Waals surface area (Å²) < 4.78 is 1.83. The molecule has 0 amide bonds. The van der Waals surface area contributed by atoms with Gasteiger partial charge in [0, 0.05) is 29.6 Å². The van der Waals surface area contributed by atoms with E-state index in [4.69, 9.17) is 0 Å². The molecule has 0 bridgehead atoms. The van der Waals surface area contributed by atoms with E-state index in [1.165, 1.54) is 18.4 Å². The first kappa shape index (κ1) is 16.1. The minimum atomic E-state index is 0.137. The number of aromatic hydroxyl groups is 1. The Bertz CT molecular complexity index is 990. The molecular weight excluding hydrogens is 340 g/mol. The Balaban J connectivity index is 1.37. The quantitative estimate of drug-likeness (QED) is 0.747. The van der Waals surface area contributed by atoms with Crippen LogP contribution in [0.15, 0.2) is 48.7 Å². The Kier molecular flexibility index (Phi) is 3.75. The predicted octanol–water partition coefficient (Wildman–Crippen LogP) is 2.73. The molecule has 1 aliphatic carbocycles. The highest BCUT2D eigenvalue weighted by atomic mass is 16.3. The number of hydrogen-bond donors (Lipinski definition) is 2. The zero-order valence-electron chi connectivity index (χ0n) is 14.8. The van der Waals surface area contributed by atoms with Gasteiger partial charge in [-0.1, -0.05) is 5.57 Å². The second-order valence-electron chi connectivity index (χ2n) is 7.31. The molecule has 27 heavy (non-hydrogen) atoms. The summed E-state index contributed by atoms with van der Waals surface area (Å²) in [6, 6.07) is 5.40. The van der Waals surface area contributed by atoms with E-state index >= 15 is 0 Å². The van der Waals surface area contributed by atoms with E-state index in [9.17, 15) is 5.11 Å². The van der Waals surface area contributed by atoms with Gasteiger partial charge in [-0.2, -0.15) is 0 Å². The second kappa shape index (κ2) is 6.28. The monoisotopic (exact) mass is 360 g/mol. The summed E-state index contributed by atoms with van der Waals surface area (Å²) in [7, 11) is 0. The van der Waals surface area contributed by atoms with Crippen molar-refractivity contribution in [3.8, 4) is 22.7 Å². The maximum absolute atomic E-state index is 10.4. The Morgan fingerprint density at radius 1 is 1.22 bits per heavy atom. The third-order valence-electron chi connectivity index (χ3n) is 5.34. The number of benzene rings is 1. The highest BCUT2D eigenvalue weighted by Gasteiger charge is 2.44. The molecule has 2 N–H and O–H groups in total. The van der Waals surface area contributed by atoms with Gasteiger partial charge in [0.1, 0.15) is 11.4 Å². The first-order valence-electron chi connectivity index (χ1n) is 9.17. The molecule has 2 aliphatic rings. The molecule has 3 aromatic rings. The van der Waals surface area contributed by atoms with Crippen LogP contribution in [0, 0.1) is 0 Å². The van der Waals surface area contributed by atoms with Crippen LogP contribution < -0.4 is 5.32 Å². The molecule has 0 atom stereocenters. The molecule has 1 saturated heterocycles. The van der Waals surface area contributed by atoms with E-state index in [-0.39, 0.29) is 5.75 Å². The van der Waals surface area contributed by atoms with Gasteiger partial charge in [-0.3, -0.25) is 0 Å². The molecule has 7 nitrogen and oxygen atoms in total. The number of imidazole rings is 1. The summed E-state index contributed by atoms with van der Waals surface area (Å²) in [5.41, 5.74) is 3.72. The van der Waals surface area contributed by atoms with Crippen molar-refractivity contribution in [1.82, 2.24) is 30.0 Å². The lowest BCUT2D eigenvalue weighted by Gasteiger charge is -2.25. The highest BCUT2D eigenvalue weighted by molar-refractivity contribution is 5.68. The van der Waals surface area contributed by atoms with Crippen molar-refractivity contribution in [1.29, 1.82) is 0 Å². The van der Waals surface area contributed by atoms with Crippen molar-refractivity contribution < 1.29 is 5.11 Å². The Morgan fingerprint density at radius 2 is 2.15 bits per heavy atom. The molecule has 5 rings (SSSR count). The number of nitrogens with zero attached hydrogens (tertiary/aromatic N) is 5.